The van der Waals surface area contributed by atoms with Crippen LogP contribution in [0, 0.1) is 0 Å². The number of aromatic amines is 1. The molecule has 1 aliphatic rings. The SMILES string of the molecule is CC(C)c1nc2c(c(=O)[nH]1)CCN(Cc1sc3ccccc3c1Br)C2. The highest BCUT2D eigenvalue weighted by Crippen LogP contribution is 2.36. The number of thiophene rings is 1. The smallest absolute Gasteiger partial charge is 0.254 e. The van der Waals surface area contributed by atoms with Crippen LogP contribution in [0.3, 0.4) is 0 Å². The highest BCUT2D eigenvalue weighted by Gasteiger charge is 2.23. The lowest BCUT2D eigenvalue weighted by atomic mass is 10.1. The van der Waals surface area contributed by atoms with Gasteiger partial charge in [-0.3, -0.25) is 9.69 Å². The molecule has 1 N–H and O–H groups in total. The number of halogens is 1. The fraction of sp³-hybridized carbons (Fsp3) is 0.368. The maximum atomic E-state index is 12.3. The number of hydrogen-bond acceptors (Lipinski definition) is 4. The summed E-state index contributed by atoms with van der Waals surface area (Å²) in [6, 6.07) is 8.47. The number of rotatable bonds is 3. The second kappa shape index (κ2) is 6.67. The van der Waals surface area contributed by atoms with Gasteiger partial charge in [0, 0.05) is 50.6 Å². The van der Waals surface area contributed by atoms with E-state index in [1.165, 1.54) is 19.4 Å². The topological polar surface area (TPSA) is 49.0 Å². The van der Waals surface area contributed by atoms with Crippen molar-refractivity contribution in [2.24, 2.45) is 0 Å². The van der Waals surface area contributed by atoms with Gasteiger partial charge in [0.2, 0.25) is 0 Å². The van der Waals surface area contributed by atoms with Crippen LogP contribution in [0.25, 0.3) is 10.1 Å². The molecule has 0 saturated carbocycles. The molecule has 25 heavy (non-hydrogen) atoms. The summed E-state index contributed by atoms with van der Waals surface area (Å²) < 4.78 is 2.50. The molecular formula is C19H20BrN3OS. The Hall–Kier alpha value is -1.50. The molecular weight excluding hydrogens is 398 g/mol. The number of hydrogen-bond donors (Lipinski definition) is 1. The van der Waals surface area contributed by atoms with E-state index in [0.29, 0.717) is 0 Å². The predicted molar refractivity (Wildman–Crippen MR) is 106 cm³/mol. The van der Waals surface area contributed by atoms with Crippen LogP contribution in [0.5, 0.6) is 0 Å². The minimum absolute atomic E-state index is 0.0383. The van der Waals surface area contributed by atoms with Crippen LogP contribution in [0.15, 0.2) is 33.5 Å². The van der Waals surface area contributed by atoms with Crippen LogP contribution < -0.4 is 5.56 Å². The normalized spacial score (nSPS) is 15.0. The lowest BCUT2D eigenvalue weighted by Crippen LogP contribution is -2.35. The molecule has 0 spiro atoms. The van der Waals surface area contributed by atoms with Crippen molar-refractivity contribution in [2.45, 2.75) is 39.3 Å². The number of benzene rings is 1. The number of aromatic nitrogens is 2. The van der Waals surface area contributed by atoms with E-state index in [1.807, 2.05) is 11.3 Å². The summed E-state index contributed by atoms with van der Waals surface area (Å²) in [6.45, 7) is 6.61. The molecule has 1 aliphatic heterocycles. The first-order chi connectivity index (χ1) is 12.0. The summed E-state index contributed by atoms with van der Waals surface area (Å²) in [6.07, 6.45) is 0.762. The van der Waals surface area contributed by atoms with Crippen LogP contribution in [0.4, 0.5) is 0 Å². The third-order valence-corrected chi connectivity index (χ3v) is 7.01. The maximum Gasteiger partial charge on any atom is 0.254 e. The zero-order valence-electron chi connectivity index (χ0n) is 14.3. The van der Waals surface area contributed by atoms with Gasteiger partial charge in [-0.25, -0.2) is 4.98 Å². The van der Waals surface area contributed by atoms with E-state index in [-0.39, 0.29) is 11.5 Å². The van der Waals surface area contributed by atoms with Crippen LogP contribution in [-0.4, -0.2) is 21.4 Å². The maximum absolute atomic E-state index is 12.3. The molecule has 2 aromatic heterocycles. The Morgan fingerprint density at radius 3 is 2.92 bits per heavy atom. The molecule has 0 fully saturated rings. The number of nitrogens with zero attached hydrogens (tertiary/aromatic N) is 2. The van der Waals surface area contributed by atoms with Gasteiger partial charge in [0.1, 0.15) is 5.82 Å². The van der Waals surface area contributed by atoms with Crippen molar-refractivity contribution in [3.8, 4) is 0 Å². The summed E-state index contributed by atoms with van der Waals surface area (Å²) in [5.74, 6) is 1.01. The summed E-state index contributed by atoms with van der Waals surface area (Å²) in [7, 11) is 0. The Balaban J connectivity index is 1.61. The zero-order chi connectivity index (χ0) is 17.6. The lowest BCUT2D eigenvalue weighted by molar-refractivity contribution is 0.241. The highest BCUT2D eigenvalue weighted by atomic mass is 79.9. The average Bonchev–Trinajstić information content (AvgIpc) is 2.91. The number of H-pyrrole nitrogens is 1. The first-order valence-corrected chi connectivity index (χ1v) is 10.1. The van der Waals surface area contributed by atoms with Crippen molar-refractivity contribution in [2.75, 3.05) is 6.54 Å². The molecule has 0 amide bonds. The van der Waals surface area contributed by atoms with Gasteiger partial charge >= 0.3 is 0 Å². The molecule has 0 radical (unpaired) electrons. The first-order valence-electron chi connectivity index (χ1n) is 8.53. The predicted octanol–water partition coefficient (Wildman–Crippen LogP) is 4.43. The molecule has 0 saturated heterocycles. The Labute approximate surface area is 159 Å². The number of fused-ring (bicyclic) bond motifs is 2. The van der Waals surface area contributed by atoms with Gasteiger partial charge in [-0.05, 0) is 28.4 Å². The van der Waals surface area contributed by atoms with Gasteiger partial charge in [-0.1, -0.05) is 32.0 Å². The molecule has 1 aromatic carbocycles. The van der Waals surface area contributed by atoms with E-state index in [4.69, 9.17) is 4.98 Å². The third-order valence-electron chi connectivity index (χ3n) is 4.69. The lowest BCUT2D eigenvalue weighted by Gasteiger charge is -2.27. The highest BCUT2D eigenvalue weighted by molar-refractivity contribution is 9.10. The Morgan fingerprint density at radius 2 is 2.16 bits per heavy atom. The zero-order valence-corrected chi connectivity index (χ0v) is 16.7. The van der Waals surface area contributed by atoms with E-state index >= 15 is 0 Å². The second-order valence-electron chi connectivity index (χ2n) is 6.83. The summed E-state index contributed by atoms with van der Waals surface area (Å²) >= 11 is 5.60. The molecule has 6 heteroatoms. The van der Waals surface area contributed by atoms with Gasteiger partial charge < -0.3 is 4.98 Å². The molecule has 0 aliphatic carbocycles. The molecule has 4 nitrogen and oxygen atoms in total. The van der Waals surface area contributed by atoms with Crippen molar-refractivity contribution in [1.29, 1.82) is 0 Å². The molecule has 0 unspecified atom stereocenters. The van der Waals surface area contributed by atoms with Crippen molar-refractivity contribution in [3.05, 3.63) is 61.1 Å². The number of nitrogens with one attached hydrogen (secondary N) is 1. The fourth-order valence-electron chi connectivity index (χ4n) is 3.29. The Kier molecular flexibility index (Phi) is 4.52. The minimum atomic E-state index is 0.0383. The van der Waals surface area contributed by atoms with Crippen molar-refractivity contribution < 1.29 is 0 Å². The quantitative estimate of drug-likeness (QED) is 0.685. The van der Waals surface area contributed by atoms with Gasteiger partial charge in [-0.2, -0.15) is 0 Å². The molecule has 130 valence electrons. The molecule has 0 atom stereocenters. The van der Waals surface area contributed by atoms with Crippen LogP contribution >= 0.6 is 27.3 Å². The van der Waals surface area contributed by atoms with Crippen LogP contribution in [0.1, 0.15) is 41.7 Å². The van der Waals surface area contributed by atoms with Crippen molar-refractivity contribution >= 4 is 37.4 Å². The molecule has 3 aromatic rings. The van der Waals surface area contributed by atoms with E-state index in [9.17, 15) is 4.79 Å². The summed E-state index contributed by atoms with van der Waals surface area (Å²) in [5, 5.41) is 1.27. The monoisotopic (exact) mass is 417 g/mol. The average molecular weight is 418 g/mol. The first kappa shape index (κ1) is 16.9. The van der Waals surface area contributed by atoms with Crippen molar-refractivity contribution in [3.63, 3.8) is 0 Å². The van der Waals surface area contributed by atoms with E-state index in [2.05, 4.69) is 63.9 Å². The fourth-order valence-corrected chi connectivity index (χ4v) is 5.27. The molecule has 4 rings (SSSR count). The Bertz CT molecular complexity index is 992. The van der Waals surface area contributed by atoms with Gasteiger partial charge in [0.15, 0.2) is 0 Å². The summed E-state index contributed by atoms with van der Waals surface area (Å²) in [4.78, 5) is 23.7. The second-order valence-corrected chi connectivity index (χ2v) is 8.76. The molecule has 0 bridgehead atoms. The van der Waals surface area contributed by atoms with Crippen LogP contribution in [0.2, 0.25) is 0 Å². The standard InChI is InChI=1S/C19H20BrN3OS/c1-11(2)18-21-14-9-23(8-7-12(14)19(24)22-18)10-16-17(20)13-5-3-4-6-15(13)25-16/h3-6,11H,7-10H2,1-2H3,(H,21,22,24). The third kappa shape index (κ3) is 3.18. The minimum Gasteiger partial charge on any atom is -0.310 e. The van der Waals surface area contributed by atoms with Crippen molar-refractivity contribution in [1.82, 2.24) is 14.9 Å². The Morgan fingerprint density at radius 1 is 1.36 bits per heavy atom. The van der Waals surface area contributed by atoms with E-state index in [1.54, 1.807) is 0 Å². The van der Waals surface area contributed by atoms with E-state index < -0.39 is 0 Å². The summed E-state index contributed by atoms with van der Waals surface area (Å²) in [5.41, 5.74) is 1.84. The van der Waals surface area contributed by atoms with Crippen LogP contribution in [-0.2, 0) is 19.5 Å². The largest absolute Gasteiger partial charge is 0.310 e. The molecule has 3 heterocycles. The van der Waals surface area contributed by atoms with Gasteiger partial charge in [0.25, 0.3) is 5.56 Å². The van der Waals surface area contributed by atoms with E-state index in [0.717, 1.165) is 43.1 Å². The van der Waals surface area contributed by atoms with Gasteiger partial charge in [0.05, 0.1) is 5.69 Å². The van der Waals surface area contributed by atoms with Gasteiger partial charge in [-0.15, -0.1) is 11.3 Å².